The van der Waals surface area contributed by atoms with Crippen molar-refractivity contribution in [2.45, 2.75) is 51.6 Å². The molecule has 2 heteroatoms. The van der Waals surface area contributed by atoms with Gasteiger partial charge in [0.05, 0.1) is 0 Å². The van der Waals surface area contributed by atoms with E-state index in [0.717, 1.165) is 17.9 Å². The Kier molecular flexibility index (Phi) is 4.97. The van der Waals surface area contributed by atoms with Crippen LogP contribution in [0, 0.1) is 11.8 Å². The van der Waals surface area contributed by atoms with E-state index >= 15 is 0 Å². The van der Waals surface area contributed by atoms with Crippen LogP contribution >= 0.6 is 0 Å². The van der Waals surface area contributed by atoms with Gasteiger partial charge in [-0.3, -0.25) is 4.90 Å². The van der Waals surface area contributed by atoms with E-state index in [4.69, 9.17) is 0 Å². The SMILES string of the molecule is CC(C)C1CN(CCCc2ccccc2)C(C2CC2)CN1. The smallest absolute Gasteiger partial charge is 0.0249 e. The molecule has 2 aliphatic rings. The number of piperazine rings is 1. The van der Waals surface area contributed by atoms with Crippen molar-refractivity contribution >= 4 is 0 Å². The molecule has 1 N–H and O–H groups in total. The first-order valence-electron chi connectivity index (χ1n) is 8.75. The van der Waals surface area contributed by atoms with E-state index in [1.807, 2.05) is 0 Å². The molecular formula is C19H30N2. The summed E-state index contributed by atoms with van der Waals surface area (Å²) in [5, 5.41) is 3.79. The Morgan fingerprint density at radius 3 is 2.62 bits per heavy atom. The van der Waals surface area contributed by atoms with Crippen molar-refractivity contribution in [3.05, 3.63) is 35.9 Å². The lowest BCUT2D eigenvalue weighted by Gasteiger charge is -2.42. The maximum atomic E-state index is 3.79. The lowest BCUT2D eigenvalue weighted by Crippen LogP contribution is -2.59. The van der Waals surface area contributed by atoms with Crippen LogP contribution in [0.4, 0.5) is 0 Å². The van der Waals surface area contributed by atoms with E-state index in [2.05, 4.69) is 54.4 Å². The lowest BCUT2D eigenvalue weighted by atomic mass is 9.97. The Labute approximate surface area is 129 Å². The molecule has 1 aromatic carbocycles. The fraction of sp³-hybridized carbons (Fsp3) is 0.684. The molecule has 3 rings (SSSR count). The van der Waals surface area contributed by atoms with Crippen LogP contribution in [0.1, 0.15) is 38.7 Å². The summed E-state index contributed by atoms with van der Waals surface area (Å²) < 4.78 is 0. The van der Waals surface area contributed by atoms with E-state index in [1.54, 1.807) is 0 Å². The Bertz CT molecular complexity index is 424. The van der Waals surface area contributed by atoms with Gasteiger partial charge in [0, 0.05) is 25.2 Å². The van der Waals surface area contributed by atoms with Gasteiger partial charge in [-0.05, 0) is 49.6 Å². The molecule has 1 heterocycles. The van der Waals surface area contributed by atoms with E-state index in [-0.39, 0.29) is 0 Å². The fourth-order valence-corrected chi connectivity index (χ4v) is 3.63. The maximum absolute atomic E-state index is 3.79. The Morgan fingerprint density at radius 2 is 1.95 bits per heavy atom. The lowest BCUT2D eigenvalue weighted by molar-refractivity contribution is 0.0986. The highest BCUT2D eigenvalue weighted by Crippen LogP contribution is 2.36. The van der Waals surface area contributed by atoms with Gasteiger partial charge in [-0.1, -0.05) is 44.2 Å². The number of rotatable bonds is 6. The fourth-order valence-electron chi connectivity index (χ4n) is 3.63. The predicted octanol–water partition coefficient (Wildman–Crippen LogP) is 3.33. The number of nitrogens with zero attached hydrogens (tertiary/aromatic N) is 1. The highest BCUT2D eigenvalue weighted by atomic mass is 15.2. The normalized spacial score (nSPS) is 27.2. The zero-order chi connectivity index (χ0) is 14.7. The predicted molar refractivity (Wildman–Crippen MR) is 89.5 cm³/mol. The number of nitrogens with one attached hydrogen (secondary N) is 1. The van der Waals surface area contributed by atoms with Crippen molar-refractivity contribution in [3.8, 4) is 0 Å². The van der Waals surface area contributed by atoms with Crippen molar-refractivity contribution < 1.29 is 0 Å². The van der Waals surface area contributed by atoms with Crippen LogP contribution in [0.5, 0.6) is 0 Å². The van der Waals surface area contributed by atoms with Crippen LogP contribution in [0.2, 0.25) is 0 Å². The molecule has 1 aliphatic heterocycles. The number of hydrogen-bond donors (Lipinski definition) is 1. The Hall–Kier alpha value is -0.860. The van der Waals surface area contributed by atoms with E-state index in [0.29, 0.717) is 6.04 Å². The first-order valence-corrected chi connectivity index (χ1v) is 8.75. The molecule has 0 amide bonds. The molecule has 21 heavy (non-hydrogen) atoms. The number of benzene rings is 1. The highest BCUT2D eigenvalue weighted by Gasteiger charge is 2.38. The van der Waals surface area contributed by atoms with Gasteiger partial charge < -0.3 is 5.32 Å². The van der Waals surface area contributed by atoms with Gasteiger partial charge >= 0.3 is 0 Å². The molecule has 1 saturated carbocycles. The van der Waals surface area contributed by atoms with Crippen molar-refractivity contribution in [1.82, 2.24) is 10.2 Å². The third-order valence-electron chi connectivity index (χ3n) is 5.21. The highest BCUT2D eigenvalue weighted by molar-refractivity contribution is 5.14. The second kappa shape index (κ2) is 6.93. The van der Waals surface area contributed by atoms with E-state index in [1.165, 1.54) is 50.9 Å². The first kappa shape index (κ1) is 15.1. The Balaban J connectivity index is 1.52. The molecule has 0 spiro atoms. The summed E-state index contributed by atoms with van der Waals surface area (Å²) >= 11 is 0. The average molecular weight is 286 g/mol. The second-order valence-corrected chi connectivity index (χ2v) is 7.25. The topological polar surface area (TPSA) is 15.3 Å². The number of hydrogen-bond acceptors (Lipinski definition) is 2. The molecule has 2 atom stereocenters. The third kappa shape index (κ3) is 4.08. The number of aryl methyl sites for hydroxylation is 1. The molecule has 116 valence electrons. The molecule has 1 aromatic rings. The second-order valence-electron chi connectivity index (χ2n) is 7.25. The summed E-state index contributed by atoms with van der Waals surface area (Å²) in [4.78, 5) is 2.79. The standard InChI is InChI=1S/C19H30N2/c1-15(2)18-14-21(19(13-20-18)17-10-11-17)12-6-9-16-7-4-3-5-8-16/h3-5,7-8,15,17-20H,6,9-14H2,1-2H3. The quantitative estimate of drug-likeness (QED) is 0.863. The zero-order valence-electron chi connectivity index (χ0n) is 13.6. The van der Waals surface area contributed by atoms with E-state index in [9.17, 15) is 0 Å². The minimum atomic E-state index is 0.678. The summed E-state index contributed by atoms with van der Waals surface area (Å²) in [5.41, 5.74) is 1.48. The molecule has 0 radical (unpaired) electrons. The van der Waals surface area contributed by atoms with Crippen LogP contribution in [-0.2, 0) is 6.42 Å². The van der Waals surface area contributed by atoms with Crippen molar-refractivity contribution in [3.63, 3.8) is 0 Å². The monoisotopic (exact) mass is 286 g/mol. The van der Waals surface area contributed by atoms with Crippen LogP contribution in [-0.4, -0.2) is 36.6 Å². The minimum absolute atomic E-state index is 0.678. The summed E-state index contributed by atoms with van der Waals surface area (Å²) in [5.74, 6) is 1.71. The van der Waals surface area contributed by atoms with Gasteiger partial charge in [-0.15, -0.1) is 0 Å². The summed E-state index contributed by atoms with van der Waals surface area (Å²) in [6, 6.07) is 12.4. The van der Waals surface area contributed by atoms with Crippen LogP contribution in [0.3, 0.4) is 0 Å². The summed E-state index contributed by atoms with van der Waals surface area (Å²) in [7, 11) is 0. The largest absolute Gasteiger partial charge is 0.311 e. The molecule has 0 bridgehead atoms. The molecule has 0 aromatic heterocycles. The zero-order valence-corrected chi connectivity index (χ0v) is 13.6. The van der Waals surface area contributed by atoms with E-state index < -0.39 is 0 Å². The summed E-state index contributed by atoms with van der Waals surface area (Å²) in [6.07, 6.45) is 5.41. The van der Waals surface area contributed by atoms with Gasteiger partial charge in [-0.25, -0.2) is 0 Å². The van der Waals surface area contributed by atoms with Gasteiger partial charge in [0.25, 0.3) is 0 Å². The van der Waals surface area contributed by atoms with Crippen molar-refractivity contribution in [1.29, 1.82) is 0 Å². The van der Waals surface area contributed by atoms with Crippen LogP contribution < -0.4 is 5.32 Å². The van der Waals surface area contributed by atoms with Crippen molar-refractivity contribution in [2.75, 3.05) is 19.6 Å². The van der Waals surface area contributed by atoms with Gasteiger partial charge in [-0.2, -0.15) is 0 Å². The maximum Gasteiger partial charge on any atom is 0.0249 e. The minimum Gasteiger partial charge on any atom is -0.311 e. The van der Waals surface area contributed by atoms with Gasteiger partial charge in [0.2, 0.25) is 0 Å². The third-order valence-corrected chi connectivity index (χ3v) is 5.21. The first-order chi connectivity index (χ1) is 10.2. The molecule has 1 saturated heterocycles. The van der Waals surface area contributed by atoms with Crippen LogP contribution in [0.15, 0.2) is 30.3 Å². The summed E-state index contributed by atoms with van der Waals surface area (Å²) in [6.45, 7) is 8.40. The van der Waals surface area contributed by atoms with Gasteiger partial charge in [0.1, 0.15) is 0 Å². The molecular weight excluding hydrogens is 256 g/mol. The molecule has 2 unspecified atom stereocenters. The van der Waals surface area contributed by atoms with Crippen LogP contribution in [0.25, 0.3) is 0 Å². The van der Waals surface area contributed by atoms with Gasteiger partial charge in [0.15, 0.2) is 0 Å². The average Bonchev–Trinajstić information content (AvgIpc) is 3.33. The Morgan fingerprint density at radius 1 is 1.19 bits per heavy atom. The molecule has 1 aliphatic carbocycles. The molecule has 2 fully saturated rings. The van der Waals surface area contributed by atoms with Crippen molar-refractivity contribution in [2.24, 2.45) is 11.8 Å². The molecule has 2 nitrogen and oxygen atoms in total.